The van der Waals surface area contributed by atoms with E-state index in [9.17, 15) is 9.18 Å². The van der Waals surface area contributed by atoms with Crippen LogP contribution in [0.15, 0.2) is 40.8 Å². The van der Waals surface area contributed by atoms with Gasteiger partial charge in [-0.15, -0.1) is 0 Å². The Hall–Kier alpha value is -2.30. The van der Waals surface area contributed by atoms with Crippen LogP contribution in [0.4, 0.5) is 4.39 Å². The third-order valence-corrected chi connectivity index (χ3v) is 1.81. The summed E-state index contributed by atoms with van der Waals surface area (Å²) in [5.74, 6) is -1.61. The van der Waals surface area contributed by atoms with Gasteiger partial charge < -0.3 is 14.3 Å². The quantitative estimate of drug-likeness (QED) is 0.867. The van der Waals surface area contributed by atoms with Crippen LogP contribution in [0.1, 0.15) is 10.6 Å². The standard InChI is InChI=1S/C11H7FO4/c12-7-2-1-3-8(6-7)15-10-5-4-9(16-10)11(13)14/h1-6H,(H,13,14). The highest BCUT2D eigenvalue weighted by atomic mass is 19.1. The van der Waals surface area contributed by atoms with Crippen LogP contribution in [0.25, 0.3) is 0 Å². The molecule has 1 aromatic heterocycles. The summed E-state index contributed by atoms with van der Waals surface area (Å²) in [6.07, 6.45) is 0. The lowest BCUT2D eigenvalue weighted by Crippen LogP contribution is -1.91. The normalized spacial score (nSPS) is 10.1. The Kier molecular flexibility index (Phi) is 2.59. The van der Waals surface area contributed by atoms with Crippen LogP contribution in [0.2, 0.25) is 0 Å². The van der Waals surface area contributed by atoms with Crippen molar-refractivity contribution < 1.29 is 23.4 Å². The maximum atomic E-state index is 12.8. The first-order valence-electron chi connectivity index (χ1n) is 4.42. The molecule has 2 rings (SSSR count). The number of furan rings is 1. The summed E-state index contributed by atoms with van der Waals surface area (Å²) in [4.78, 5) is 10.5. The highest BCUT2D eigenvalue weighted by Gasteiger charge is 2.10. The summed E-state index contributed by atoms with van der Waals surface area (Å²) >= 11 is 0. The van der Waals surface area contributed by atoms with Crippen molar-refractivity contribution >= 4 is 5.97 Å². The van der Waals surface area contributed by atoms with Gasteiger partial charge in [-0.3, -0.25) is 0 Å². The molecule has 0 saturated heterocycles. The molecule has 0 saturated carbocycles. The summed E-state index contributed by atoms with van der Waals surface area (Å²) in [7, 11) is 0. The predicted octanol–water partition coefficient (Wildman–Crippen LogP) is 2.91. The zero-order valence-electron chi connectivity index (χ0n) is 8.01. The Morgan fingerprint density at radius 3 is 2.75 bits per heavy atom. The largest absolute Gasteiger partial charge is 0.475 e. The number of benzene rings is 1. The maximum Gasteiger partial charge on any atom is 0.371 e. The van der Waals surface area contributed by atoms with Crippen molar-refractivity contribution in [1.29, 1.82) is 0 Å². The predicted molar refractivity (Wildman–Crippen MR) is 52.1 cm³/mol. The molecule has 4 nitrogen and oxygen atoms in total. The van der Waals surface area contributed by atoms with E-state index in [4.69, 9.17) is 14.3 Å². The van der Waals surface area contributed by atoms with Gasteiger partial charge in [-0.2, -0.15) is 0 Å². The molecule has 0 aliphatic carbocycles. The average molecular weight is 222 g/mol. The smallest absolute Gasteiger partial charge is 0.371 e. The van der Waals surface area contributed by atoms with E-state index in [1.54, 1.807) is 0 Å². The summed E-state index contributed by atoms with van der Waals surface area (Å²) in [5.41, 5.74) is 0. The minimum Gasteiger partial charge on any atom is -0.475 e. The molecule has 0 aliphatic heterocycles. The molecule has 1 aromatic carbocycles. The van der Waals surface area contributed by atoms with Gasteiger partial charge in [-0.1, -0.05) is 6.07 Å². The molecule has 5 heteroatoms. The van der Waals surface area contributed by atoms with Crippen molar-refractivity contribution in [2.75, 3.05) is 0 Å². The van der Waals surface area contributed by atoms with E-state index in [1.807, 2.05) is 0 Å². The van der Waals surface area contributed by atoms with Gasteiger partial charge in [0, 0.05) is 12.1 Å². The average Bonchev–Trinajstić information content (AvgIpc) is 2.66. The molecular formula is C11H7FO4. The van der Waals surface area contributed by atoms with Crippen molar-refractivity contribution in [3.8, 4) is 11.7 Å². The van der Waals surface area contributed by atoms with Crippen molar-refractivity contribution in [2.24, 2.45) is 0 Å². The zero-order valence-corrected chi connectivity index (χ0v) is 8.01. The van der Waals surface area contributed by atoms with Gasteiger partial charge in [0.25, 0.3) is 5.95 Å². The molecule has 0 aliphatic rings. The van der Waals surface area contributed by atoms with Gasteiger partial charge in [0.15, 0.2) is 0 Å². The van der Waals surface area contributed by atoms with E-state index in [0.29, 0.717) is 0 Å². The van der Waals surface area contributed by atoms with Gasteiger partial charge in [-0.05, 0) is 18.2 Å². The number of ether oxygens (including phenoxy) is 1. The first kappa shape index (κ1) is 10.2. The molecule has 16 heavy (non-hydrogen) atoms. The molecule has 0 radical (unpaired) electrons. The number of carbonyl (C=O) groups is 1. The van der Waals surface area contributed by atoms with Gasteiger partial charge in [0.2, 0.25) is 5.76 Å². The first-order valence-corrected chi connectivity index (χ1v) is 4.42. The Morgan fingerprint density at radius 2 is 2.12 bits per heavy atom. The number of hydrogen-bond donors (Lipinski definition) is 1. The van der Waals surface area contributed by atoms with Crippen LogP contribution in [-0.2, 0) is 0 Å². The number of hydrogen-bond acceptors (Lipinski definition) is 3. The van der Waals surface area contributed by atoms with Crippen LogP contribution in [0, 0.1) is 5.82 Å². The topological polar surface area (TPSA) is 59.7 Å². The van der Waals surface area contributed by atoms with Crippen LogP contribution < -0.4 is 4.74 Å². The van der Waals surface area contributed by atoms with Crippen LogP contribution in [0.3, 0.4) is 0 Å². The van der Waals surface area contributed by atoms with Gasteiger partial charge in [-0.25, -0.2) is 9.18 Å². The first-order chi connectivity index (χ1) is 7.65. The Balaban J connectivity index is 2.17. The second kappa shape index (κ2) is 4.06. The molecule has 0 fully saturated rings. The van der Waals surface area contributed by atoms with Crippen LogP contribution in [-0.4, -0.2) is 11.1 Å². The summed E-state index contributed by atoms with van der Waals surface area (Å²) < 4.78 is 22.8. The second-order valence-electron chi connectivity index (χ2n) is 2.98. The Bertz CT molecular complexity index is 518. The highest BCUT2D eigenvalue weighted by Crippen LogP contribution is 2.24. The lowest BCUT2D eigenvalue weighted by Gasteiger charge is -2.00. The third kappa shape index (κ3) is 2.20. The fourth-order valence-electron chi connectivity index (χ4n) is 1.14. The monoisotopic (exact) mass is 222 g/mol. The Morgan fingerprint density at radius 1 is 1.31 bits per heavy atom. The fraction of sp³-hybridized carbons (Fsp3) is 0. The van der Waals surface area contributed by atoms with Crippen molar-refractivity contribution in [1.82, 2.24) is 0 Å². The van der Waals surface area contributed by atoms with Crippen LogP contribution in [0.5, 0.6) is 11.7 Å². The minimum absolute atomic E-state index is 0.00278. The van der Waals surface area contributed by atoms with Crippen molar-refractivity contribution in [3.05, 3.63) is 48.0 Å². The number of carboxylic acid groups (broad SMARTS) is 1. The molecule has 2 aromatic rings. The van der Waals surface area contributed by atoms with Gasteiger partial charge >= 0.3 is 5.97 Å². The van der Waals surface area contributed by atoms with Crippen molar-refractivity contribution in [2.45, 2.75) is 0 Å². The number of aromatic carboxylic acids is 1. The number of halogens is 1. The molecule has 0 amide bonds. The van der Waals surface area contributed by atoms with Gasteiger partial charge in [0.1, 0.15) is 11.6 Å². The maximum absolute atomic E-state index is 12.8. The molecule has 0 atom stereocenters. The molecule has 1 N–H and O–H groups in total. The lowest BCUT2D eigenvalue weighted by molar-refractivity contribution is 0.0657. The minimum atomic E-state index is -1.19. The molecule has 1 heterocycles. The second-order valence-corrected chi connectivity index (χ2v) is 2.98. The summed E-state index contributed by atoms with van der Waals surface area (Å²) in [5, 5.41) is 8.60. The van der Waals surface area contributed by atoms with E-state index in [0.717, 1.165) is 0 Å². The molecule has 82 valence electrons. The SMILES string of the molecule is O=C(O)c1ccc(Oc2cccc(F)c2)o1. The van der Waals surface area contributed by atoms with E-state index in [2.05, 4.69) is 0 Å². The zero-order chi connectivity index (χ0) is 11.5. The van der Waals surface area contributed by atoms with E-state index >= 15 is 0 Å². The third-order valence-electron chi connectivity index (χ3n) is 1.81. The highest BCUT2D eigenvalue weighted by molar-refractivity contribution is 5.84. The number of carboxylic acids is 1. The van der Waals surface area contributed by atoms with E-state index in [-0.39, 0.29) is 17.5 Å². The van der Waals surface area contributed by atoms with E-state index in [1.165, 1.54) is 36.4 Å². The van der Waals surface area contributed by atoms with Crippen molar-refractivity contribution in [3.63, 3.8) is 0 Å². The Labute approximate surface area is 89.9 Å². The molecule has 0 unspecified atom stereocenters. The fourth-order valence-corrected chi connectivity index (χ4v) is 1.14. The molecule has 0 bridgehead atoms. The molecule has 0 spiro atoms. The lowest BCUT2D eigenvalue weighted by atomic mass is 10.3. The van der Waals surface area contributed by atoms with Gasteiger partial charge in [0.05, 0.1) is 0 Å². The summed E-state index contributed by atoms with van der Waals surface area (Å²) in [6.45, 7) is 0. The number of rotatable bonds is 3. The van der Waals surface area contributed by atoms with E-state index < -0.39 is 11.8 Å². The molecular weight excluding hydrogens is 215 g/mol. The van der Waals surface area contributed by atoms with Crippen LogP contribution >= 0.6 is 0 Å². The summed E-state index contributed by atoms with van der Waals surface area (Å²) in [6, 6.07) is 8.07.